The van der Waals surface area contributed by atoms with E-state index in [1.807, 2.05) is 38.1 Å². The van der Waals surface area contributed by atoms with Gasteiger partial charge in [0.15, 0.2) is 0 Å². The molecule has 28 heavy (non-hydrogen) atoms. The molecule has 1 fully saturated rings. The zero-order valence-corrected chi connectivity index (χ0v) is 16.4. The lowest BCUT2D eigenvalue weighted by Crippen LogP contribution is -2.36. The number of hydrogen-bond acceptors (Lipinski definition) is 3. The van der Waals surface area contributed by atoms with Crippen molar-refractivity contribution in [2.45, 2.75) is 26.3 Å². The summed E-state index contributed by atoms with van der Waals surface area (Å²) in [5.74, 6) is -0.300. The molecule has 1 aliphatic rings. The number of nitrogens with zero attached hydrogens (tertiary/aromatic N) is 2. The Morgan fingerprint density at radius 2 is 2.00 bits per heavy atom. The number of amides is 2. The standard InChI is InChI=1S/C22H25FN2O3/c1-4-28-20-10-8-16(9-11-20)15(2)24(3)22(27)17-12-21(26)25(14-17)19-7-5-6-18(23)13-19/h5-11,13,15,17H,4,12,14H2,1-3H3/t15-,17+/m1/s1. The maximum atomic E-state index is 13.5. The first-order valence-corrected chi connectivity index (χ1v) is 9.46. The number of carbonyl (C=O) groups is 2. The van der Waals surface area contributed by atoms with Gasteiger partial charge in [0.2, 0.25) is 11.8 Å². The fraction of sp³-hybridized carbons (Fsp3) is 0.364. The molecule has 0 N–H and O–H groups in total. The molecule has 0 aliphatic carbocycles. The van der Waals surface area contributed by atoms with Gasteiger partial charge in [0.1, 0.15) is 11.6 Å². The maximum Gasteiger partial charge on any atom is 0.228 e. The van der Waals surface area contributed by atoms with E-state index < -0.39 is 11.7 Å². The van der Waals surface area contributed by atoms with Crippen molar-refractivity contribution in [3.05, 3.63) is 59.9 Å². The molecule has 0 spiro atoms. The molecule has 2 amide bonds. The van der Waals surface area contributed by atoms with Gasteiger partial charge >= 0.3 is 0 Å². The van der Waals surface area contributed by atoms with Crippen LogP contribution in [0.4, 0.5) is 10.1 Å². The molecule has 148 valence electrons. The van der Waals surface area contributed by atoms with Crippen molar-refractivity contribution in [3.63, 3.8) is 0 Å². The molecular weight excluding hydrogens is 359 g/mol. The lowest BCUT2D eigenvalue weighted by atomic mass is 10.0. The largest absolute Gasteiger partial charge is 0.494 e. The Morgan fingerprint density at radius 1 is 1.29 bits per heavy atom. The van der Waals surface area contributed by atoms with Crippen LogP contribution in [0.2, 0.25) is 0 Å². The van der Waals surface area contributed by atoms with E-state index in [1.54, 1.807) is 24.1 Å². The molecule has 3 rings (SSSR count). The van der Waals surface area contributed by atoms with Gasteiger partial charge in [0.05, 0.1) is 18.6 Å². The molecule has 0 bridgehead atoms. The van der Waals surface area contributed by atoms with Crippen molar-refractivity contribution < 1.29 is 18.7 Å². The SMILES string of the molecule is CCOc1ccc([C@@H](C)N(C)C(=O)[C@H]2CC(=O)N(c3cccc(F)c3)C2)cc1. The third kappa shape index (κ3) is 4.16. The van der Waals surface area contributed by atoms with E-state index >= 15 is 0 Å². The highest BCUT2D eigenvalue weighted by atomic mass is 19.1. The highest BCUT2D eigenvalue weighted by Crippen LogP contribution is 2.29. The summed E-state index contributed by atoms with van der Waals surface area (Å²) in [6.07, 6.45) is 0.135. The molecule has 2 atom stereocenters. The number of anilines is 1. The van der Waals surface area contributed by atoms with Crippen LogP contribution < -0.4 is 9.64 Å². The summed E-state index contributed by atoms with van der Waals surface area (Å²) in [5, 5.41) is 0. The second kappa shape index (κ2) is 8.42. The minimum Gasteiger partial charge on any atom is -0.494 e. The van der Waals surface area contributed by atoms with E-state index in [0.717, 1.165) is 11.3 Å². The highest BCUT2D eigenvalue weighted by molar-refractivity contribution is 6.00. The Balaban J connectivity index is 1.68. The van der Waals surface area contributed by atoms with Gasteiger partial charge in [-0.1, -0.05) is 18.2 Å². The summed E-state index contributed by atoms with van der Waals surface area (Å²) in [6.45, 7) is 4.75. The van der Waals surface area contributed by atoms with Gasteiger partial charge in [0.25, 0.3) is 0 Å². The number of ether oxygens (including phenoxy) is 1. The van der Waals surface area contributed by atoms with Crippen LogP contribution in [0.25, 0.3) is 0 Å². The predicted octanol–water partition coefficient (Wildman–Crippen LogP) is 3.80. The quantitative estimate of drug-likeness (QED) is 0.761. The Bertz CT molecular complexity index is 853. The Hall–Kier alpha value is -2.89. The number of carbonyl (C=O) groups excluding carboxylic acids is 2. The third-order valence-electron chi connectivity index (χ3n) is 5.20. The van der Waals surface area contributed by atoms with Crippen molar-refractivity contribution in [3.8, 4) is 5.75 Å². The van der Waals surface area contributed by atoms with Gasteiger partial charge in [-0.05, 0) is 49.7 Å². The summed E-state index contributed by atoms with van der Waals surface area (Å²) >= 11 is 0. The fourth-order valence-corrected chi connectivity index (χ4v) is 3.48. The topological polar surface area (TPSA) is 49.9 Å². The Kier molecular flexibility index (Phi) is 5.97. The first-order valence-electron chi connectivity index (χ1n) is 9.46. The van der Waals surface area contributed by atoms with Gasteiger partial charge in [-0.25, -0.2) is 4.39 Å². The predicted molar refractivity (Wildman–Crippen MR) is 106 cm³/mol. The summed E-state index contributed by atoms with van der Waals surface area (Å²) in [4.78, 5) is 28.5. The molecule has 6 heteroatoms. The first kappa shape index (κ1) is 19.9. The molecule has 2 aromatic carbocycles. The maximum absolute atomic E-state index is 13.5. The number of rotatable bonds is 6. The number of halogens is 1. The van der Waals surface area contributed by atoms with Gasteiger partial charge < -0.3 is 14.5 Å². The minimum atomic E-state index is -0.439. The van der Waals surface area contributed by atoms with Crippen LogP contribution in [0.3, 0.4) is 0 Å². The van der Waals surface area contributed by atoms with Crippen LogP contribution in [-0.2, 0) is 9.59 Å². The molecule has 0 aromatic heterocycles. The molecule has 1 saturated heterocycles. The van der Waals surface area contributed by atoms with Crippen LogP contribution in [0.5, 0.6) is 5.75 Å². The molecular formula is C22H25FN2O3. The lowest BCUT2D eigenvalue weighted by Gasteiger charge is -2.28. The van der Waals surface area contributed by atoms with Crippen LogP contribution in [0, 0.1) is 11.7 Å². The smallest absolute Gasteiger partial charge is 0.228 e. The second-order valence-corrected chi connectivity index (χ2v) is 7.01. The first-order chi connectivity index (χ1) is 13.4. The van der Waals surface area contributed by atoms with Crippen LogP contribution in [-0.4, -0.2) is 36.9 Å². The molecule has 1 heterocycles. The van der Waals surface area contributed by atoms with E-state index in [2.05, 4.69) is 0 Å². The van der Waals surface area contributed by atoms with Gasteiger partial charge in [-0.3, -0.25) is 9.59 Å². The van der Waals surface area contributed by atoms with Crippen molar-refractivity contribution in [1.82, 2.24) is 4.90 Å². The molecule has 0 radical (unpaired) electrons. The highest BCUT2D eigenvalue weighted by Gasteiger charge is 2.37. The number of hydrogen-bond donors (Lipinski definition) is 0. The monoisotopic (exact) mass is 384 g/mol. The fourth-order valence-electron chi connectivity index (χ4n) is 3.48. The zero-order valence-electron chi connectivity index (χ0n) is 16.4. The van der Waals surface area contributed by atoms with Gasteiger partial charge in [-0.2, -0.15) is 0 Å². The molecule has 0 saturated carbocycles. The Labute approximate surface area is 164 Å². The van der Waals surface area contributed by atoms with Crippen LogP contribution in [0.15, 0.2) is 48.5 Å². The minimum absolute atomic E-state index is 0.0892. The van der Waals surface area contributed by atoms with Gasteiger partial charge in [-0.15, -0.1) is 0 Å². The van der Waals surface area contributed by atoms with Crippen molar-refractivity contribution in [2.75, 3.05) is 25.1 Å². The molecule has 0 unspecified atom stereocenters. The third-order valence-corrected chi connectivity index (χ3v) is 5.20. The average Bonchev–Trinajstić information content (AvgIpc) is 3.09. The molecule has 1 aliphatic heterocycles. The summed E-state index contributed by atoms with van der Waals surface area (Å²) < 4.78 is 18.9. The number of benzene rings is 2. The summed E-state index contributed by atoms with van der Waals surface area (Å²) in [5.41, 5.74) is 1.48. The molecule has 2 aromatic rings. The van der Waals surface area contributed by atoms with Crippen LogP contribution >= 0.6 is 0 Å². The Morgan fingerprint density at radius 3 is 2.64 bits per heavy atom. The zero-order chi connectivity index (χ0) is 20.3. The van der Waals surface area contributed by atoms with Crippen molar-refractivity contribution in [2.24, 2.45) is 5.92 Å². The van der Waals surface area contributed by atoms with E-state index in [4.69, 9.17) is 4.74 Å². The molecule has 5 nitrogen and oxygen atoms in total. The normalized spacial score (nSPS) is 17.5. The summed E-state index contributed by atoms with van der Waals surface area (Å²) in [7, 11) is 1.75. The summed E-state index contributed by atoms with van der Waals surface area (Å²) in [6, 6.07) is 13.4. The van der Waals surface area contributed by atoms with E-state index in [1.165, 1.54) is 17.0 Å². The van der Waals surface area contributed by atoms with Crippen LogP contribution in [0.1, 0.15) is 31.9 Å². The van der Waals surface area contributed by atoms with E-state index in [9.17, 15) is 14.0 Å². The lowest BCUT2D eigenvalue weighted by molar-refractivity contribution is -0.136. The van der Waals surface area contributed by atoms with Crippen molar-refractivity contribution >= 4 is 17.5 Å². The van der Waals surface area contributed by atoms with E-state index in [0.29, 0.717) is 12.3 Å². The van der Waals surface area contributed by atoms with E-state index in [-0.39, 0.29) is 30.8 Å². The average molecular weight is 384 g/mol. The van der Waals surface area contributed by atoms with Crippen molar-refractivity contribution in [1.29, 1.82) is 0 Å². The van der Waals surface area contributed by atoms with Gasteiger partial charge in [0, 0.05) is 25.7 Å². The second-order valence-electron chi connectivity index (χ2n) is 7.01.